The zero-order valence-corrected chi connectivity index (χ0v) is 19.1. The average Bonchev–Trinajstić information content (AvgIpc) is 3.38. The summed E-state index contributed by atoms with van der Waals surface area (Å²) in [7, 11) is -2.48. The molecule has 170 valence electrons. The van der Waals surface area contributed by atoms with E-state index in [-0.39, 0.29) is 12.0 Å². The normalized spacial score (nSPS) is 25.3. The van der Waals surface area contributed by atoms with Crippen LogP contribution in [0.1, 0.15) is 37.7 Å². The van der Waals surface area contributed by atoms with Crippen molar-refractivity contribution in [3.05, 3.63) is 60.3 Å². The zero-order chi connectivity index (χ0) is 22.6. The van der Waals surface area contributed by atoms with Crippen LogP contribution in [0.5, 0.6) is 5.75 Å². The molecule has 0 unspecified atom stereocenters. The van der Waals surface area contributed by atoms with Crippen LogP contribution in [0.25, 0.3) is 16.9 Å². The highest BCUT2D eigenvalue weighted by molar-refractivity contribution is 7.92. The number of para-hydroxylation sites is 1. The summed E-state index contributed by atoms with van der Waals surface area (Å²) >= 11 is 0. The lowest BCUT2D eigenvalue weighted by molar-refractivity contribution is -0.123. The summed E-state index contributed by atoms with van der Waals surface area (Å²) in [5, 5.41) is 7.65. The molecule has 3 heterocycles. The van der Waals surface area contributed by atoms with Crippen LogP contribution >= 0.6 is 0 Å². The fraction of sp³-hybridized carbons (Fsp3) is 0.360. The Bertz CT molecular complexity index is 1330. The molecule has 6 rings (SSSR count). The smallest absolute Gasteiger partial charge is 0.235 e. The quantitative estimate of drug-likeness (QED) is 0.597. The van der Waals surface area contributed by atoms with Gasteiger partial charge in [-0.3, -0.25) is 9.57 Å². The minimum Gasteiger partial charge on any atom is -0.488 e. The first-order chi connectivity index (χ1) is 16.0. The number of carbonyl (C=O) groups excluding carboxylic acids is 1. The second-order valence-corrected chi connectivity index (χ2v) is 11.7. The van der Waals surface area contributed by atoms with Gasteiger partial charge in [-0.2, -0.15) is 5.10 Å². The second kappa shape index (κ2) is 7.45. The molecule has 0 atom stereocenters. The third-order valence-electron chi connectivity index (χ3n) is 7.27. The van der Waals surface area contributed by atoms with Gasteiger partial charge in [0.25, 0.3) is 0 Å². The molecule has 0 bridgehead atoms. The molecule has 1 aliphatic carbocycles. The van der Waals surface area contributed by atoms with Crippen molar-refractivity contribution in [1.82, 2.24) is 9.78 Å². The number of amides is 1. The number of hydrogen-bond donors (Lipinski definition) is 2. The van der Waals surface area contributed by atoms with Crippen LogP contribution in [0.15, 0.2) is 54.7 Å². The second-order valence-electron chi connectivity index (χ2n) is 9.29. The van der Waals surface area contributed by atoms with Crippen LogP contribution in [-0.4, -0.2) is 37.5 Å². The first kappa shape index (κ1) is 20.5. The number of hydrogen-bond acceptors (Lipinski definition) is 5. The Hall–Kier alpha value is -3.13. The summed E-state index contributed by atoms with van der Waals surface area (Å²) in [6.07, 6.45) is 5.57. The third kappa shape index (κ3) is 3.35. The summed E-state index contributed by atoms with van der Waals surface area (Å²) in [4.78, 5) is 13.0. The van der Waals surface area contributed by atoms with E-state index in [0.29, 0.717) is 30.1 Å². The molecule has 1 spiro atoms. The Morgan fingerprint density at radius 1 is 1.12 bits per heavy atom. The number of nitrogens with one attached hydrogen (secondary N) is 2. The van der Waals surface area contributed by atoms with Gasteiger partial charge in [0, 0.05) is 26.8 Å². The molecule has 1 aromatic heterocycles. The Balaban J connectivity index is 1.44. The van der Waals surface area contributed by atoms with Crippen LogP contribution in [0.2, 0.25) is 0 Å². The van der Waals surface area contributed by atoms with E-state index >= 15 is 0 Å². The van der Waals surface area contributed by atoms with E-state index in [1.807, 2.05) is 47.1 Å². The van der Waals surface area contributed by atoms with Crippen molar-refractivity contribution in [3.63, 3.8) is 0 Å². The van der Waals surface area contributed by atoms with Gasteiger partial charge in [0.2, 0.25) is 5.91 Å². The summed E-state index contributed by atoms with van der Waals surface area (Å²) in [6.45, 7) is 0. The molecule has 0 radical (unpaired) electrons. The number of fused-ring (bicyclic) bond motifs is 2. The van der Waals surface area contributed by atoms with Crippen LogP contribution in [0.4, 0.5) is 5.69 Å². The number of rotatable bonds is 4. The molecule has 7 nitrogen and oxygen atoms in total. The Morgan fingerprint density at radius 3 is 2.58 bits per heavy atom. The number of benzene rings is 2. The largest absolute Gasteiger partial charge is 0.488 e. The van der Waals surface area contributed by atoms with Gasteiger partial charge in [0.1, 0.15) is 11.9 Å². The van der Waals surface area contributed by atoms with Crippen LogP contribution in [0.3, 0.4) is 0 Å². The SMILES string of the molecule is N=S1(=O)CCC(Oc2cc(-c3ccnn3-c3ccccc3)cc3c2NC(=O)C32CCC2)CC1. The molecular formula is C25H26N4O3S. The lowest BCUT2D eigenvalue weighted by Gasteiger charge is -2.36. The van der Waals surface area contributed by atoms with Gasteiger partial charge < -0.3 is 10.1 Å². The zero-order valence-electron chi connectivity index (χ0n) is 18.3. The molecule has 3 aliphatic rings. The van der Waals surface area contributed by atoms with Crippen LogP contribution in [-0.2, 0) is 19.9 Å². The number of carbonyl (C=O) groups is 1. The molecule has 3 aromatic rings. The van der Waals surface area contributed by atoms with Crippen molar-refractivity contribution in [3.8, 4) is 22.7 Å². The van der Waals surface area contributed by atoms with Gasteiger partial charge in [-0.1, -0.05) is 24.6 Å². The van der Waals surface area contributed by atoms with E-state index < -0.39 is 15.1 Å². The first-order valence-electron chi connectivity index (χ1n) is 11.5. The van der Waals surface area contributed by atoms with E-state index in [9.17, 15) is 9.00 Å². The summed E-state index contributed by atoms with van der Waals surface area (Å²) in [6, 6.07) is 16.1. The van der Waals surface area contributed by atoms with E-state index in [1.54, 1.807) is 6.20 Å². The van der Waals surface area contributed by atoms with Gasteiger partial charge in [-0.15, -0.1) is 0 Å². The maximum atomic E-state index is 13.0. The highest BCUT2D eigenvalue weighted by Gasteiger charge is 2.52. The first-order valence-corrected chi connectivity index (χ1v) is 13.4. The molecule has 8 heteroatoms. The van der Waals surface area contributed by atoms with Crippen molar-refractivity contribution in [1.29, 1.82) is 4.78 Å². The topological polar surface area (TPSA) is 97.1 Å². The molecule has 2 aromatic carbocycles. The molecule has 1 amide bonds. The Kier molecular flexibility index (Phi) is 4.62. The highest BCUT2D eigenvalue weighted by Crippen LogP contribution is 2.55. The van der Waals surface area contributed by atoms with E-state index in [1.165, 1.54) is 0 Å². The number of ether oxygens (including phenoxy) is 1. The van der Waals surface area contributed by atoms with Crippen molar-refractivity contribution in [2.75, 3.05) is 16.8 Å². The van der Waals surface area contributed by atoms with Gasteiger partial charge in [-0.25, -0.2) is 8.89 Å². The molecular weight excluding hydrogens is 436 g/mol. The molecule has 2 fully saturated rings. The Morgan fingerprint density at radius 2 is 1.88 bits per heavy atom. The summed E-state index contributed by atoms with van der Waals surface area (Å²) in [5.41, 5.74) is 4.15. The maximum absolute atomic E-state index is 13.0. The van der Waals surface area contributed by atoms with Crippen molar-refractivity contribution in [2.24, 2.45) is 0 Å². The minimum atomic E-state index is -2.48. The number of aromatic nitrogens is 2. The van der Waals surface area contributed by atoms with E-state index in [2.05, 4.69) is 16.5 Å². The van der Waals surface area contributed by atoms with E-state index in [4.69, 9.17) is 9.52 Å². The van der Waals surface area contributed by atoms with Crippen molar-refractivity contribution >= 4 is 21.3 Å². The van der Waals surface area contributed by atoms with Gasteiger partial charge in [-0.05, 0) is 61.6 Å². The molecule has 2 N–H and O–H groups in total. The monoisotopic (exact) mass is 462 g/mol. The number of anilines is 1. The predicted molar refractivity (Wildman–Crippen MR) is 127 cm³/mol. The fourth-order valence-electron chi connectivity index (χ4n) is 5.23. The van der Waals surface area contributed by atoms with Crippen LogP contribution < -0.4 is 10.1 Å². The molecule has 1 saturated carbocycles. The predicted octanol–water partition coefficient (Wildman–Crippen LogP) is 4.50. The van der Waals surface area contributed by atoms with Crippen molar-refractivity contribution in [2.45, 2.75) is 43.6 Å². The van der Waals surface area contributed by atoms with Gasteiger partial charge in [0.05, 0.1) is 28.7 Å². The molecule has 33 heavy (non-hydrogen) atoms. The van der Waals surface area contributed by atoms with Crippen molar-refractivity contribution < 1.29 is 13.7 Å². The minimum absolute atomic E-state index is 0.0557. The van der Waals surface area contributed by atoms with E-state index in [0.717, 1.165) is 47.5 Å². The Labute approximate surface area is 193 Å². The lowest BCUT2D eigenvalue weighted by atomic mass is 9.65. The summed E-state index contributed by atoms with van der Waals surface area (Å²) in [5.74, 6) is 1.43. The lowest BCUT2D eigenvalue weighted by Crippen LogP contribution is -2.40. The standard InChI is InChI=1S/C25H26N4O3S/c26-33(31)13-8-19(9-14-33)32-22-16-17(15-20-23(22)28-24(30)25(20)10-4-11-25)21-7-12-27-29(21)18-5-2-1-3-6-18/h1-3,5-7,12,15-16,19,26H,4,8-11,13-14H2,(H,28,30). The average molecular weight is 463 g/mol. The molecule has 1 saturated heterocycles. The number of nitrogens with zero attached hydrogens (tertiary/aromatic N) is 2. The summed E-state index contributed by atoms with van der Waals surface area (Å²) < 4.78 is 28.3. The maximum Gasteiger partial charge on any atom is 0.235 e. The van der Waals surface area contributed by atoms with Crippen LogP contribution in [0, 0.1) is 4.78 Å². The third-order valence-corrected chi connectivity index (χ3v) is 9.06. The fourth-order valence-corrected chi connectivity index (χ4v) is 6.72. The van der Waals surface area contributed by atoms with Gasteiger partial charge >= 0.3 is 0 Å². The van der Waals surface area contributed by atoms with Gasteiger partial charge in [0.15, 0.2) is 0 Å². The highest BCUT2D eigenvalue weighted by atomic mass is 32.2. The molecule has 2 aliphatic heterocycles.